The SMILES string of the molecule is COc1ccccc1C1(C(=O)Nc2ccc(F)c(F)c2)CC1. The smallest absolute Gasteiger partial charge is 0.235 e. The van der Waals surface area contributed by atoms with Crippen LogP contribution in [0.2, 0.25) is 0 Å². The Kier molecular flexibility index (Phi) is 3.56. The van der Waals surface area contributed by atoms with Crippen LogP contribution in [0.4, 0.5) is 14.5 Å². The van der Waals surface area contributed by atoms with Gasteiger partial charge in [-0.1, -0.05) is 18.2 Å². The molecule has 0 unspecified atom stereocenters. The van der Waals surface area contributed by atoms with Crippen LogP contribution in [-0.4, -0.2) is 13.0 Å². The Labute approximate surface area is 126 Å². The minimum absolute atomic E-state index is 0.233. The number of hydrogen-bond donors (Lipinski definition) is 1. The highest BCUT2D eigenvalue weighted by atomic mass is 19.2. The van der Waals surface area contributed by atoms with E-state index in [9.17, 15) is 13.6 Å². The predicted molar refractivity (Wildman–Crippen MR) is 78.9 cm³/mol. The van der Waals surface area contributed by atoms with E-state index in [-0.39, 0.29) is 11.6 Å². The lowest BCUT2D eigenvalue weighted by Gasteiger charge is -2.18. The van der Waals surface area contributed by atoms with Crippen LogP contribution in [0.5, 0.6) is 5.75 Å². The van der Waals surface area contributed by atoms with Gasteiger partial charge in [0.1, 0.15) is 5.75 Å². The van der Waals surface area contributed by atoms with Crippen LogP contribution in [-0.2, 0) is 10.2 Å². The first-order chi connectivity index (χ1) is 10.6. The molecule has 0 heterocycles. The zero-order valence-corrected chi connectivity index (χ0v) is 12.0. The number of carbonyl (C=O) groups excluding carboxylic acids is 1. The molecule has 1 fully saturated rings. The summed E-state index contributed by atoms with van der Waals surface area (Å²) in [6.07, 6.45) is 1.39. The molecule has 1 N–H and O–H groups in total. The molecule has 0 bridgehead atoms. The molecule has 1 saturated carbocycles. The van der Waals surface area contributed by atoms with Gasteiger partial charge < -0.3 is 10.1 Å². The molecular weight excluding hydrogens is 288 g/mol. The normalized spacial score (nSPS) is 15.2. The van der Waals surface area contributed by atoms with Gasteiger partial charge in [0.2, 0.25) is 5.91 Å². The van der Waals surface area contributed by atoms with Gasteiger partial charge in [0.15, 0.2) is 11.6 Å². The van der Waals surface area contributed by atoms with E-state index in [1.807, 2.05) is 18.2 Å². The lowest BCUT2D eigenvalue weighted by Crippen LogP contribution is -2.28. The summed E-state index contributed by atoms with van der Waals surface area (Å²) < 4.78 is 31.5. The summed E-state index contributed by atoms with van der Waals surface area (Å²) in [7, 11) is 1.56. The van der Waals surface area contributed by atoms with Gasteiger partial charge in [0.05, 0.1) is 12.5 Å². The molecule has 114 valence electrons. The number of methoxy groups -OCH3 is 1. The fraction of sp³-hybridized carbons (Fsp3) is 0.235. The second-order valence-electron chi connectivity index (χ2n) is 5.37. The number of benzene rings is 2. The van der Waals surface area contributed by atoms with Crippen LogP contribution in [0.15, 0.2) is 42.5 Å². The molecule has 3 rings (SSSR count). The third-order valence-corrected chi connectivity index (χ3v) is 3.98. The molecule has 0 saturated heterocycles. The van der Waals surface area contributed by atoms with E-state index in [0.717, 1.165) is 17.7 Å². The van der Waals surface area contributed by atoms with E-state index in [1.54, 1.807) is 13.2 Å². The first-order valence-corrected chi connectivity index (χ1v) is 6.97. The summed E-state index contributed by atoms with van der Waals surface area (Å²) in [6, 6.07) is 10.7. The second kappa shape index (κ2) is 5.40. The van der Waals surface area contributed by atoms with E-state index in [2.05, 4.69) is 5.32 Å². The number of para-hydroxylation sites is 1. The quantitative estimate of drug-likeness (QED) is 0.936. The molecule has 0 radical (unpaired) electrons. The number of ether oxygens (including phenoxy) is 1. The maximum Gasteiger partial charge on any atom is 0.235 e. The molecule has 1 amide bonds. The van der Waals surface area contributed by atoms with Crippen molar-refractivity contribution in [3.63, 3.8) is 0 Å². The van der Waals surface area contributed by atoms with Crippen LogP contribution in [0, 0.1) is 11.6 Å². The van der Waals surface area contributed by atoms with E-state index >= 15 is 0 Å². The van der Waals surface area contributed by atoms with Crippen molar-refractivity contribution < 1.29 is 18.3 Å². The Morgan fingerprint density at radius 1 is 1.14 bits per heavy atom. The molecule has 0 atom stereocenters. The predicted octanol–water partition coefficient (Wildman–Crippen LogP) is 3.64. The van der Waals surface area contributed by atoms with Crippen molar-refractivity contribution in [2.24, 2.45) is 0 Å². The third-order valence-electron chi connectivity index (χ3n) is 3.98. The van der Waals surface area contributed by atoms with Crippen molar-refractivity contribution in [3.8, 4) is 5.75 Å². The minimum atomic E-state index is -0.986. The second-order valence-corrected chi connectivity index (χ2v) is 5.37. The summed E-state index contributed by atoms with van der Waals surface area (Å²) in [5, 5.41) is 2.66. The largest absolute Gasteiger partial charge is 0.496 e. The third kappa shape index (κ3) is 2.43. The van der Waals surface area contributed by atoms with Crippen molar-refractivity contribution in [1.82, 2.24) is 0 Å². The van der Waals surface area contributed by atoms with Gasteiger partial charge in [-0.3, -0.25) is 4.79 Å². The van der Waals surface area contributed by atoms with Gasteiger partial charge in [0, 0.05) is 17.3 Å². The van der Waals surface area contributed by atoms with Crippen LogP contribution in [0.1, 0.15) is 18.4 Å². The van der Waals surface area contributed by atoms with Crippen LogP contribution >= 0.6 is 0 Å². The highest BCUT2D eigenvalue weighted by Crippen LogP contribution is 2.51. The van der Waals surface area contributed by atoms with Crippen LogP contribution in [0.3, 0.4) is 0 Å². The summed E-state index contributed by atoms with van der Waals surface area (Å²) in [6.45, 7) is 0. The van der Waals surface area contributed by atoms with Crippen molar-refractivity contribution in [2.45, 2.75) is 18.3 Å². The molecular formula is C17H15F2NO2. The topological polar surface area (TPSA) is 38.3 Å². The summed E-state index contributed by atoms with van der Waals surface area (Å²) >= 11 is 0. The Morgan fingerprint density at radius 3 is 2.50 bits per heavy atom. The molecule has 5 heteroatoms. The lowest BCUT2D eigenvalue weighted by molar-refractivity contribution is -0.118. The summed E-state index contributed by atoms with van der Waals surface area (Å²) in [5.74, 6) is -1.51. The Morgan fingerprint density at radius 2 is 1.86 bits per heavy atom. The van der Waals surface area contributed by atoms with Crippen molar-refractivity contribution in [3.05, 3.63) is 59.7 Å². The van der Waals surface area contributed by atoms with Gasteiger partial charge in [-0.15, -0.1) is 0 Å². The van der Waals surface area contributed by atoms with Crippen molar-refractivity contribution in [2.75, 3.05) is 12.4 Å². The first kappa shape index (κ1) is 14.5. The molecule has 0 aromatic heterocycles. The van der Waals surface area contributed by atoms with Gasteiger partial charge in [-0.2, -0.15) is 0 Å². The monoisotopic (exact) mass is 303 g/mol. The zero-order valence-electron chi connectivity index (χ0n) is 12.0. The number of carbonyl (C=O) groups is 1. The maximum atomic E-state index is 13.2. The highest BCUT2D eigenvalue weighted by Gasteiger charge is 2.52. The number of rotatable bonds is 4. The molecule has 1 aliphatic carbocycles. The average Bonchev–Trinajstić information content (AvgIpc) is 3.32. The minimum Gasteiger partial charge on any atom is -0.496 e. The van der Waals surface area contributed by atoms with Crippen LogP contribution in [0.25, 0.3) is 0 Å². The highest BCUT2D eigenvalue weighted by molar-refractivity contribution is 6.01. The first-order valence-electron chi connectivity index (χ1n) is 6.97. The molecule has 22 heavy (non-hydrogen) atoms. The fourth-order valence-corrected chi connectivity index (χ4v) is 2.61. The standard InChI is InChI=1S/C17H15F2NO2/c1-22-15-5-3-2-4-12(15)17(8-9-17)16(21)20-11-6-7-13(18)14(19)10-11/h2-7,10H,8-9H2,1H3,(H,20,21). The number of anilines is 1. The molecule has 1 aliphatic rings. The van der Waals surface area contributed by atoms with Gasteiger partial charge in [-0.05, 0) is 31.0 Å². The number of hydrogen-bond acceptors (Lipinski definition) is 2. The molecule has 3 nitrogen and oxygen atoms in total. The van der Waals surface area contributed by atoms with E-state index in [0.29, 0.717) is 18.6 Å². The van der Waals surface area contributed by atoms with Gasteiger partial charge in [-0.25, -0.2) is 8.78 Å². The summed E-state index contributed by atoms with van der Waals surface area (Å²) in [5.41, 5.74) is 0.403. The summed E-state index contributed by atoms with van der Waals surface area (Å²) in [4.78, 5) is 12.6. The van der Waals surface area contributed by atoms with Crippen molar-refractivity contribution in [1.29, 1.82) is 0 Å². The zero-order chi connectivity index (χ0) is 15.7. The Bertz CT molecular complexity index is 726. The molecule has 0 spiro atoms. The molecule has 2 aromatic rings. The van der Waals surface area contributed by atoms with E-state index < -0.39 is 17.0 Å². The van der Waals surface area contributed by atoms with Crippen molar-refractivity contribution >= 4 is 11.6 Å². The Balaban J connectivity index is 1.86. The maximum absolute atomic E-state index is 13.2. The number of amides is 1. The molecule has 2 aromatic carbocycles. The number of halogens is 2. The Hall–Kier alpha value is -2.43. The van der Waals surface area contributed by atoms with E-state index in [4.69, 9.17) is 4.74 Å². The fourth-order valence-electron chi connectivity index (χ4n) is 2.61. The van der Waals surface area contributed by atoms with Gasteiger partial charge >= 0.3 is 0 Å². The molecule has 0 aliphatic heterocycles. The van der Waals surface area contributed by atoms with E-state index in [1.165, 1.54) is 6.07 Å². The average molecular weight is 303 g/mol. The lowest BCUT2D eigenvalue weighted by atomic mass is 9.94. The van der Waals surface area contributed by atoms with Gasteiger partial charge in [0.25, 0.3) is 0 Å². The van der Waals surface area contributed by atoms with Crippen LogP contribution < -0.4 is 10.1 Å². The number of nitrogens with one attached hydrogen (secondary N) is 1.